The van der Waals surface area contributed by atoms with Crippen molar-refractivity contribution >= 4 is 6.03 Å². The second-order valence-corrected chi connectivity index (χ2v) is 5.14. The third kappa shape index (κ3) is 4.94. The number of nitrogens with one attached hydrogen (secondary N) is 1. The summed E-state index contributed by atoms with van der Waals surface area (Å²) in [5.74, 6) is 0.616. The summed E-state index contributed by atoms with van der Waals surface area (Å²) in [6, 6.07) is 0.160. The van der Waals surface area contributed by atoms with E-state index in [1.165, 1.54) is 25.7 Å². The van der Waals surface area contributed by atoms with Gasteiger partial charge in [-0.2, -0.15) is 0 Å². The standard InChI is InChI=1S/C13H27N3O/c1-3-5-6-11-8-12(15-7-4-2)10-16(9-11)13(14)17/h11-12,15H,3-10H2,1-2H3,(H2,14,17). The summed E-state index contributed by atoms with van der Waals surface area (Å²) < 4.78 is 0. The van der Waals surface area contributed by atoms with Crippen LogP contribution in [0.15, 0.2) is 0 Å². The van der Waals surface area contributed by atoms with E-state index in [2.05, 4.69) is 19.2 Å². The summed E-state index contributed by atoms with van der Waals surface area (Å²) in [5, 5.41) is 3.51. The summed E-state index contributed by atoms with van der Waals surface area (Å²) in [5.41, 5.74) is 5.41. The van der Waals surface area contributed by atoms with Gasteiger partial charge in [0.1, 0.15) is 0 Å². The van der Waals surface area contributed by atoms with E-state index < -0.39 is 0 Å². The predicted octanol–water partition coefficient (Wildman–Crippen LogP) is 1.95. The molecule has 0 spiro atoms. The predicted molar refractivity (Wildman–Crippen MR) is 70.9 cm³/mol. The van der Waals surface area contributed by atoms with Gasteiger partial charge in [-0.3, -0.25) is 0 Å². The molecule has 0 aromatic rings. The zero-order valence-corrected chi connectivity index (χ0v) is 11.2. The van der Waals surface area contributed by atoms with Crippen LogP contribution in [0.4, 0.5) is 4.79 Å². The number of rotatable bonds is 6. The van der Waals surface area contributed by atoms with Crippen LogP contribution >= 0.6 is 0 Å². The smallest absolute Gasteiger partial charge is 0.314 e. The Morgan fingerprint density at radius 3 is 2.71 bits per heavy atom. The molecule has 4 heteroatoms. The van der Waals surface area contributed by atoms with Crippen molar-refractivity contribution in [2.75, 3.05) is 19.6 Å². The molecule has 0 aromatic heterocycles. The number of piperidine rings is 1. The molecule has 0 radical (unpaired) electrons. The molecule has 1 fully saturated rings. The highest BCUT2D eigenvalue weighted by Gasteiger charge is 2.28. The first-order valence-electron chi connectivity index (χ1n) is 6.95. The van der Waals surface area contributed by atoms with Crippen molar-refractivity contribution in [1.82, 2.24) is 10.2 Å². The fourth-order valence-electron chi connectivity index (χ4n) is 2.58. The maximum Gasteiger partial charge on any atom is 0.314 e. The Hall–Kier alpha value is -0.770. The van der Waals surface area contributed by atoms with E-state index in [0.29, 0.717) is 12.0 Å². The number of hydrogen-bond acceptors (Lipinski definition) is 2. The first-order valence-corrected chi connectivity index (χ1v) is 6.95. The largest absolute Gasteiger partial charge is 0.351 e. The van der Waals surface area contributed by atoms with Crippen LogP contribution in [-0.4, -0.2) is 36.6 Å². The molecule has 0 bridgehead atoms. The van der Waals surface area contributed by atoms with Crippen LogP contribution in [-0.2, 0) is 0 Å². The van der Waals surface area contributed by atoms with Crippen molar-refractivity contribution in [3.63, 3.8) is 0 Å². The minimum absolute atomic E-state index is 0.269. The van der Waals surface area contributed by atoms with Gasteiger partial charge in [-0.05, 0) is 31.7 Å². The third-order valence-corrected chi connectivity index (χ3v) is 3.50. The van der Waals surface area contributed by atoms with E-state index in [1.54, 1.807) is 4.90 Å². The Bertz CT molecular complexity index is 217. The zero-order valence-electron chi connectivity index (χ0n) is 11.2. The lowest BCUT2D eigenvalue weighted by Crippen LogP contribution is -2.52. The SMILES string of the molecule is CCCCC1CC(NCCC)CN(C(N)=O)C1. The van der Waals surface area contributed by atoms with Gasteiger partial charge in [0, 0.05) is 19.1 Å². The molecular weight excluding hydrogens is 214 g/mol. The first-order chi connectivity index (χ1) is 8.17. The van der Waals surface area contributed by atoms with E-state index in [4.69, 9.17) is 5.73 Å². The molecule has 4 nitrogen and oxygen atoms in total. The van der Waals surface area contributed by atoms with Gasteiger partial charge < -0.3 is 16.0 Å². The minimum atomic E-state index is -0.269. The summed E-state index contributed by atoms with van der Waals surface area (Å²) in [6.45, 7) is 7.02. The summed E-state index contributed by atoms with van der Waals surface area (Å²) in [7, 11) is 0. The van der Waals surface area contributed by atoms with E-state index in [-0.39, 0.29) is 6.03 Å². The van der Waals surface area contributed by atoms with E-state index >= 15 is 0 Å². The van der Waals surface area contributed by atoms with E-state index in [0.717, 1.165) is 26.1 Å². The number of amides is 2. The molecular formula is C13H27N3O. The Morgan fingerprint density at radius 2 is 2.12 bits per heavy atom. The number of unbranched alkanes of at least 4 members (excludes halogenated alkanes) is 1. The monoisotopic (exact) mass is 241 g/mol. The lowest BCUT2D eigenvalue weighted by Gasteiger charge is -2.37. The second kappa shape index (κ2) is 7.54. The maximum absolute atomic E-state index is 11.3. The van der Waals surface area contributed by atoms with Crippen LogP contribution in [0.5, 0.6) is 0 Å². The average Bonchev–Trinajstić information content (AvgIpc) is 2.33. The van der Waals surface area contributed by atoms with Gasteiger partial charge in [-0.1, -0.05) is 26.7 Å². The Morgan fingerprint density at radius 1 is 1.35 bits per heavy atom. The van der Waals surface area contributed by atoms with E-state index in [9.17, 15) is 4.79 Å². The van der Waals surface area contributed by atoms with Gasteiger partial charge in [0.05, 0.1) is 0 Å². The molecule has 0 saturated carbocycles. The Kier molecular flexibility index (Phi) is 6.34. The second-order valence-electron chi connectivity index (χ2n) is 5.14. The number of carbonyl (C=O) groups excluding carboxylic acids is 1. The molecule has 1 aliphatic heterocycles. The van der Waals surface area contributed by atoms with Crippen molar-refractivity contribution in [1.29, 1.82) is 0 Å². The quantitative estimate of drug-likeness (QED) is 0.746. The number of nitrogens with zero attached hydrogens (tertiary/aromatic N) is 1. The highest BCUT2D eigenvalue weighted by atomic mass is 16.2. The van der Waals surface area contributed by atoms with E-state index in [1.807, 2.05) is 0 Å². The normalized spacial score (nSPS) is 24.9. The number of nitrogens with two attached hydrogens (primary N) is 1. The van der Waals surface area contributed by atoms with Crippen molar-refractivity contribution in [3.05, 3.63) is 0 Å². The van der Waals surface area contributed by atoms with Gasteiger partial charge >= 0.3 is 6.03 Å². The highest BCUT2D eigenvalue weighted by molar-refractivity contribution is 5.72. The number of urea groups is 1. The molecule has 17 heavy (non-hydrogen) atoms. The number of primary amides is 1. The molecule has 0 aliphatic carbocycles. The van der Waals surface area contributed by atoms with Gasteiger partial charge in [0.15, 0.2) is 0 Å². The highest BCUT2D eigenvalue weighted by Crippen LogP contribution is 2.22. The molecule has 2 atom stereocenters. The molecule has 1 saturated heterocycles. The number of likely N-dealkylation sites (tertiary alicyclic amines) is 1. The van der Waals surface area contributed by atoms with Crippen molar-refractivity contribution in [2.24, 2.45) is 11.7 Å². The first kappa shape index (κ1) is 14.3. The lowest BCUT2D eigenvalue weighted by molar-refractivity contribution is 0.148. The maximum atomic E-state index is 11.3. The number of hydrogen-bond donors (Lipinski definition) is 2. The fourth-order valence-corrected chi connectivity index (χ4v) is 2.58. The average molecular weight is 241 g/mol. The van der Waals surface area contributed by atoms with Gasteiger partial charge in [-0.15, -0.1) is 0 Å². The summed E-state index contributed by atoms with van der Waals surface area (Å²) in [4.78, 5) is 13.1. The van der Waals surface area contributed by atoms with Crippen molar-refractivity contribution in [3.8, 4) is 0 Å². The van der Waals surface area contributed by atoms with Crippen LogP contribution in [0.2, 0.25) is 0 Å². The minimum Gasteiger partial charge on any atom is -0.351 e. The molecule has 1 aliphatic rings. The molecule has 1 rings (SSSR count). The third-order valence-electron chi connectivity index (χ3n) is 3.50. The van der Waals surface area contributed by atoms with Crippen LogP contribution in [0.1, 0.15) is 46.0 Å². The fraction of sp³-hybridized carbons (Fsp3) is 0.923. The van der Waals surface area contributed by atoms with Crippen LogP contribution in [0.3, 0.4) is 0 Å². The van der Waals surface area contributed by atoms with Crippen molar-refractivity contribution < 1.29 is 4.79 Å². The van der Waals surface area contributed by atoms with Crippen LogP contribution in [0, 0.1) is 5.92 Å². The molecule has 2 unspecified atom stereocenters. The van der Waals surface area contributed by atoms with Gasteiger partial charge in [-0.25, -0.2) is 4.79 Å². The molecule has 1 heterocycles. The lowest BCUT2D eigenvalue weighted by atomic mass is 9.90. The zero-order chi connectivity index (χ0) is 12.7. The Balaban J connectivity index is 2.46. The van der Waals surface area contributed by atoms with Crippen LogP contribution < -0.4 is 11.1 Å². The number of carbonyl (C=O) groups is 1. The van der Waals surface area contributed by atoms with Crippen LogP contribution in [0.25, 0.3) is 0 Å². The summed E-state index contributed by atoms with van der Waals surface area (Å²) in [6.07, 6.45) is 6.00. The Labute approximate surface area is 105 Å². The van der Waals surface area contributed by atoms with Gasteiger partial charge in [0.2, 0.25) is 0 Å². The molecule has 0 aromatic carbocycles. The summed E-state index contributed by atoms with van der Waals surface area (Å²) >= 11 is 0. The molecule has 3 N–H and O–H groups in total. The molecule has 100 valence electrons. The topological polar surface area (TPSA) is 58.4 Å². The van der Waals surface area contributed by atoms with Gasteiger partial charge in [0.25, 0.3) is 0 Å². The van der Waals surface area contributed by atoms with Crippen molar-refractivity contribution in [2.45, 2.75) is 52.0 Å². The molecule has 2 amide bonds.